The molecule has 23 heavy (non-hydrogen) atoms. The molecule has 0 aromatic carbocycles. The summed E-state index contributed by atoms with van der Waals surface area (Å²) in [6, 6.07) is 3.55. The van der Waals surface area contributed by atoms with E-state index in [-0.39, 0.29) is 18.4 Å². The molecule has 8 nitrogen and oxygen atoms in total. The number of hydrogen-bond donors (Lipinski definition) is 1. The van der Waals surface area contributed by atoms with Crippen LogP contribution in [0.1, 0.15) is 19.2 Å². The van der Waals surface area contributed by atoms with Crippen LogP contribution in [0.4, 0.5) is 0 Å². The minimum absolute atomic E-state index is 0.0509. The van der Waals surface area contributed by atoms with Gasteiger partial charge in [-0.15, -0.1) is 0 Å². The summed E-state index contributed by atoms with van der Waals surface area (Å²) in [5.41, 5.74) is 0.721. The molecule has 1 amide bonds. The zero-order chi connectivity index (χ0) is 16.1. The molecule has 1 fully saturated rings. The van der Waals surface area contributed by atoms with Gasteiger partial charge in [0.05, 0.1) is 25.7 Å². The van der Waals surface area contributed by atoms with Gasteiger partial charge in [0.2, 0.25) is 23.5 Å². The highest BCUT2D eigenvalue weighted by Crippen LogP contribution is 2.17. The molecule has 1 N–H and O–H groups in total. The lowest BCUT2D eigenvalue weighted by atomic mass is 10.1. The third kappa shape index (κ3) is 3.84. The van der Waals surface area contributed by atoms with E-state index in [0.29, 0.717) is 37.4 Å². The van der Waals surface area contributed by atoms with E-state index in [1.54, 1.807) is 18.3 Å². The number of hydrogen-bond acceptors (Lipinski definition) is 7. The fourth-order valence-corrected chi connectivity index (χ4v) is 2.24. The van der Waals surface area contributed by atoms with Crippen molar-refractivity contribution in [3.8, 4) is 17.3 Å². The Hall–Kier alpha value is -2.48. The number of carbonyl (C=O) groups is 1. The van der Waals surface area contributed by atoms with Gasteiger partial charge in [0.15, 0.2) is 0 Å². The standard InChI is InChI=1S/C15H18N4O4/c1-2-22-12-4-3-10(7-16-12)14-18-13(23-19-14)8-17-15(20)11-5-6-21-9-11/h3-4,7,11H,2,5-6,8-9H2,1H3,(H,17,20)/t11-/m0/s1. The number of nitrogens with one attached hydrogen (secondary N) is 1. The minimum atomic E-state index is -0.0901. The van der Waals surface area contributed by atoms with E-state index >= 15 is 0 Å². The van der Waals surface area contributed by atoms with Gasteiger partial charge in [0.1, 0.15) is 0 Å². The van der Waals surface area contributed by atoms with Crippen molar-refractivity contribution in [3.05, 3.63) is 24.2 Å². The molecular weight excluding hydrogens is 300 g/mol. The molecule has 1 aliphatic rings. The van der Waals surface area contributed by atoms with Crippen molar-refractivity contribution >= 4 is 5.91 Å². The van der Waals surface area contributed by atoms with Gasteiger partial charge in [-0.2, -0.15) is 4.98 Å². The molecule has 8 heteroatoms. The number of pyridine rings is 1. The molecule has 122 valence electrons. The third-order valence-electron chi connectivity index (χ3n) is 3.47. The fourth-order valence-electron chi connectivity index (χ4n) is 2.24. The Labute approximate surface area is 133 Å². The van der Waals surface area contributed by atoms with E-state index in [9.17, 15) is 4.79 Å². The predicted octanol–water partition coefficient (Wildman–Crippen LogP) is 1.18. The van der Waals surface area contributed by atoms with Crippen molar-refractivity contribution in [1.82, 2.24) is 20.4 Å². The maximum absolute atomic E-state index is 11.9. The minimum Gasteiger partial charge on any atom is -0.478 e. The Balaban J connectivity index is 1.58. The van der Waals surface area contributed by atoms with Crippen LogP contribution in [0, 0.1) is 5.92 Å². The quantitative estimate of drug-likeness (QED) is 0.853. The number of rotatable bonds is 6. The highest BCUT2D eigenvalue weighted by molar-refractivity contribution is 5.78. The maximum atomic E-state index is 11.9. The first-order valence-corrected chi connectivity index (χ1v) is 7.53. The zero-order valence-electron chi connectivity index (χ0n) is 12.8. The van der Waals surface area contributed by atoms with Crippen LogP contribution >= 0.6 is 0 Å². The van der Waals surface area contributed by atoms with Crippen LogP contribution in [-0.4, -0.2) is 40.9 Å². The molecule has 0 radical (unpaired) electrons. The molecule has 3 heterocycles. The van der Waals surface area contributed by atoms with Crippen LogP contribution in [0.2, 0.25) is 0 Å². The Kier molecular flexibility index (Phi) is 4.82. The number of ether oxygens (including phenoxy) is 2. The molecule has 1 atom stereocenters. The molecule has 2 aromatic rings. The molecule has 0 spiro atoms. The Bertz CT molecular complexity index is 650. The maximum Gasteiger partial charge on any atom is 0.246 e. The van der Waals surface area contributed by atoms with Gasteiger partial charge in [0, 0.05) is 24.4 Å². The first kappa shape index (κ1) is 15.4. The second-order valence-electron chi connectivity index (χ2n) is 5.11. The number of nitrogens with zero attached hydrogens (tertiary/aromatic N) is 3. The summed E-state index contributed by atoms with van der Waals surface area (Å²) in [7, 11) is 0. The fraction of sp³-hybridized carbons (Fsp3) is 0.467. The smallest absolute Gasteiger partial charge is 0.246 e. The van der Waals surface area contributed by atoms with Crippen LogP contribution in [-0.2, 0) is 16.1 Å². The van der Waals surface area contributed by atoms with Crippen LogP contribution in [0.3, 0.4) is 0 Å². The highest BCUT2D eigenvalue weighted by atomic mass is 16.5. The Morgan fingerprint density at radius 1 is 1.48 bits per heavy atom. The first-order chi connectivity index (χ1) is 11.3. The third-order valence-corrected chi connectivity index (χ3v) is 3.47. The van der Waals surface area contributed by atoms with E-state index in [4.69, 9.17) is 14.0 Å². The van der Waals surface area contributed by atoms with Crippen molar-refractivity contribution < 1.29 is 18.8 Å². The zero-order valence-corrected chi connectivity index (χ0v) is 12.8. The molecule has 0 aliphatic carbocycles. The van der Waals surface area contributed by atoms with Crippen LogP contribution in [0.5, 0.6) is 5.88 Å². The van der Waals surface area contributed by atoms with Gasteiger partial charge < -0.3 is 19.3 Å². The van der Waals surface area contributed by atoms with Crippen molar-refractivity contribution in [2.75, 3.05) is 19.8 Å². The van der Waals surface area contributed by atoms with Crippen molar-refractivity contribution in [1.29, 1.82) is 0 Å². The monoisotopic (exact) mass is 318 g/mol. The summed E-state index contributed by atoms with van der Waals surface area (Å²) in [5, 5.41) is 6.68. The highest BCUT2D eigenvalue weighted by Gasteiger charge is 2.23. The lowest BCUT2D eigenvalue weighted by molar-refractivity contribution is -0.125. The van der Waals surface area contributed by atoms with Gasteiger partial charge in [-0.3, -0.25) is 4.79 Å². The topological polar surface area (TPSA) is 99.4 Å². The lowest BCUT2D eigenvalue weighted by Gasteiger charge is -2.06. The van der Waals surface area contributed by atoms with Gasteiger partial charge >= 0.3 is 0 Å². The number of amides is 1. The molecule has 2 aromatic heterocycles. The van der Waals surface area contributed by atoms with Gasteiger partial charge in [-0.05, 0) is 19.4 Å². The predicted molar refractivity (Wildman–Crippen MR) is 79.5 cm³/mol. The van der Waals surface area contributed by atoms with Crippen LogP contribution in [0.15, 0.2) is 22.9 Å². The second kappa shape index (κ2) is 7.19. The average Bonchev–Trinajstić information content (AvgIpc) is 3.25. The Morgan fingerprint density at radius 3 is 3.09 bits per heavy atom. The molecule has 0 saturated carbocycles. The van der Waals surface area contributed by atoms with Crippen LogP contribution < -0.4 is 10.1 Å². The molecule has 3 rings (SSSR count). The summed E-state index contributed by atoms with van der Waals surface area (Å²) < 4.78 is 15.6. The lowest BCUT2D eigenvalue weighted by Crippen LogP contribution is -2.30. The van der Waals surface area contributed by atoms with Crippen molar-refractivity contribution in [2.24, 2.45) is 5.92 Å². The summed E-state index contributed by atoms with van der Waals surface area (Å²) in [6.07, 6.45) is 2.37. The molecule has 1 aliphatic heterocycles. The van der Waals surface area contributed by atoms with E-state index in [0.717, 1.165) is 12.0 Å². The normalized spacial score (nSPS) is 17.2. The average molecular weight is 318 g/mol. The first-order valence-electron chi connectivity index (χ1n) is 7.53. The van der Waals surface area contributed by atoms with Gasteiger partial charge in [-0.1, -0.05) is 5.16 Å². The second-order valence-corrected chi connectivity index (χ2v) is 5.11. The number of carbonyl (C=O) groups excluding carboxylic acids is 1. The summed E-state index contributed by atoms with van der Waals surface area (Å²) >= 11 is 0. The number of aromatic nitrogens is 3. The molecule has 1 saturated heterocycles. The summed E-state index contributed by atoms with van der Waals surface area (Å²) in [5.74, 6) is 1.18. The molecule has 0 bridgehead atoms. The van der Waals surface area contributed by atoms with Gasteiger partial charge in [-0.25, -0.2) is 4.98 Å². The largest absolute Gasteiger partial charge is 0.478 e. The summed E-state index contributed by atoms with van der Waals surface area (Å²) in [6.45, 7) is 3.76. The van der Waals surface area contributed by atoms with Crippen molar-refractivity contribution in [2.45, 2.75) is 19.9 Å². The van der Waals surface area contributed by atoms with E-state index < -0.39 is 0 Å². The Morgan fingerprint density at radius 2 is 2.39 bits per heavy atom. The van der Waals surface area contributed by atoms with E-state index in [1.165, 1.54) is 0 Å². The molecule has 0 unspecified atom stereocenters. The van der Waals surface area contributed by atoms with E-state index in [1.807, 2.05) is 6.92 Å². The van der Waals surface area contributed by atoms with Gasteiger partial charge in [0.25, 0.3) is 0 Å². The SMILES string of the molecule is CCOc1ccc(-c2noc(CNC(=O)[C@H]3CCOC3)n2)cn1. The van der Waals surface area contributed by atoms with Crippen molar-refractivity contribution in [3.63, 3.8) is 0 Å². The molecular formula is C15H18N4O4. The van der Waals surface area contributed by atoms with Crippen LogP contribution in [0.25, 0.3) is 11.4 Å². The van der Waals surface area contributed by atoms with E-state index in [2.05, 4.69) is 20.4 Å². The summed E-state index contributed by atoms with van der Waals surface area (Å²) in [4.78, 5) is 20.3.